The van der Waals surface area contributed by atoms with Crippen molar-refractivity contribution in [1.29, 1.82) is 0 Å². The molecule has 2 aromatic carbocycles. The molecule has 1 unspecified atom stereocenters. The maximum atomic E-state index is 13.4. The number of rotatable bonds is 11. The number of ether oxygens (including phenoxy) is 2. The fourth-order valence-electron chi connectivity index (χ4n) is 9.57. The molecular formula is C46H53N7O7. The molecule has 0 bridgehead atoms. The Labute approximate surface area is 349 Å². The number of pyridine rings is 2. The highest BCUT2D eigenvalue weighted by Gasteiger charge is 2.45. The Morgan fingerprint density at radius 2 is 1.50 bits per heavy atom. The van der Waals surface area contributed by atoms with Crippen LogP contribution >= 0.6 is 0 Å². The third kappa shape index (κ3) is 7.33. The van der Waals surface area contributed by atoms with Gasteiger partial charge in [-0.1, -0.05) is 6.92 Å². The lowest BCUT2D eigenvalue weighted by Gasteiger charge is -2.38. The molecule has 4 aromatic rings. The molecule has 6 heterocycles. The molecule has 2 aromatic heterocycles. The molecule has 4 fully saturated rings. The van der Waals surface area contributed by atoms with E-state index in [-0.39, 0.29) is 29.7 Å². The van der Waals surface area contributed by atoms with Gasteiger partial charge in [0.1, 0.15) is 17.5 Å². The number of carbonyl (C=O) groups is 4. The third-order valence-electron chi connectivity index (χ3n) is 13.7. The topological polar surface area (TPSA) is 147 Å². The maximum absolute atomic E-state index is 13.4. The summed E-state index contributed by atoms with van der Waals surface area (Å²) in [5.41, 5.74) is 5.45. The molecule has 9 rings (SSSR count). The molecule has 4 amide bonds. The molecule has 0 spiro atoms. The van der Waals surface area contributed by atoms with E-state index >= 15 is 0 Å². The van der Waals surface area contributed by atoms with E-state index in [1.165, 1.54) is 0 Å². The number of methoxy groups -OCH3 is 2. The summed E-state index contributed by atoms with van der Waals surface area (Å²) in [4.78, 5) is 76.8. The van der Waals surface area contributed by atoms with Gasteiger partial charge in [0.2, 0.25) is 11.8 Å². The van der Waals surface area contributed by atoms with Crippen LogP contribution in [0.2, 0.25) is 0 Å². The predicted molar refractivity (Wildman–Crippen MR) is 226 cm³/mol. The molecule has 60 heavy (non-hydrogen) atoms. The Bertz CT molecular complexity index is 2440. The number of aryl methyl sites for hydroxylation is 1. The third-order valence-corrected chi connectivity index (χ3v) is 13.7. The number of carbonyl (C=O) groups excluding carboxylic acids is 4. The second kappa shape index (κ2) is 15.8. The first-order chi connectivity index (χ1) is 28.9. The molecule has 3 saturated heterocycles. The van der Waals surface area contributed by atoms with Crippen LogP contribution in [0.15, 0.2) is 53.6 Å². The lowest BCUT2D eigenvalue weighted by Crippen LogP contribution is -2.54. The van der Waals surface area contributed by atoms with Crippen LogP contribution in [0.4, 0.5) is 5.69 Å². The number of nitrogens with one attached hydrogen (secondary N) is 1. The van der Waals surface area contributed by atoms with Crippen molar-refractivity contribution in [3.05, 3.63) is 81.5 Å². The van der Waals surface area contributed by atoms with Crippen LogP contribution in [-0.4, -0.2) is 114 Å². The fourth-order valence-corrected chi connectivity index (χ4v) is 9.57. The van der Waals surface area contributed by atoms with E-state index in [0.717, 1.165) is 134 Å². The average Bonchev–Trinajstić information content (AvgIpc) is 3.97. The zero-order valence-corrected chi connectivity index (χ0v) is 34.9. The first kappa shape index (κ1) is 39.8. The van der Waals surface area contributed by atoms with Crippen LogP contribution in [0.25, 0.3) is 21.9 Å². The SMILES string of the molecule is COc1cc(-c2cn(C)c(=O)c3cnc(C4(C)CC4)cc23)cc(OC)c1CN1CCC(CCN2CCN(c3ccc4c(c3)C(=O)N(C3CCC(=O)NC3=O)C4=O)CC2)CC1. The van der Waals surface area contributed by atoms with Gasteiger partial charge in [-0.25, -0.2) is 0 Å². The normalized spacial score (nSPS) is 21.1. The Morgan fingerprint density at radius 3 is 2.17 bits per heavy atom. The van der Waals surface area contributed by atoms with E-state index < -0.39 is 23.8 Å². The minimum atomic E-state index is -0.969. The van der Waals surface area contributed by atoms with E-state index in [9.17, 15) is 24.0 Å². The van der Waals surface area contributed by atoms with Gasteiger partial charge in [0.25, 0.3) is 17.4 Å². The van der Waals surface area contributed by atoms with Gasteiger partial charge in [-0.2, -0.15) is 0 Å². The van der Waals surface area contributed by atoms with E-state index in [1.54, 1.807) is 44.2 Å². The van der Waals surface area contributed by atoms with Crippen LogP contribution in [0, 0.1) is 5.92 Å². The van der Waals surface area contributed by atoms with Crippen molar-refractivity contribution in [2.45, 2.75) is 69.9 Å². The van der Waals surface area contributed by atoms with Gasteiger partial charge in [-0.05, 0) is 111 Å². The number of amides is 4. The van der Waals surface area contributed by atoms with Crippen LogP contribution in [0.3, 0.4) is 0 Å². The Hall–Kier alpha value is -5.60. The number of piperazine rings is 1. The van der Waals surface area contributed by atoms with Crippen LogP contribution in [0.1, 0.15) is 83.8 Å². The lowest BCUT2D eigenvalue weighted by atomic mass is 9.92. The number of nitrogens with zero attached hydrogens (tertiary/aromatic N) is 6. The molecular weight excluding hydrogens is 763 g/mol. The summed E-state index contributed by atoms with van der Waals surface area (Å²) in [6, 6.07) is 10.6. The molecule has 1 aliphatic carbocycles. The molecule has 14 nitrogen and oxygen atoms in total. The van der Waals surface area contributed by atoms with Crippen LogP contribution in [0.5, 0.6) is 11.5 Å². The summed E-state index contributed by atoms with van der Waals surface area (Å²) in [7, 11) is 5.19. The molecule has 0 radical (unpaired) electrons. The molecule has 5 aliphatic rings. The van der Waals surface area contributed by atoms with E-state index in [4.69, 9.17) is 14.5 Å². The zero-order valence-electron chi connectivity index (χ0n) is 34.9. The minimum absolute atomic E-state index is 0.0648. The van der Waals surface area contributed by atoms with Crippen molar-refractivity contribution < 1.29 is 28.7 Å². The van der Waals surface area contributed by atoms with Gasteiger partial charge in [0.15, 0.2) is 0 Å². The number of anilines is 1. The predicted octanol–water partition coefficient (Wildman–Crippen LogP) is 4.49. The summed E-state index contributed by atoms with van der Waals surface area (Å²) < 4.78 is 13.7. The highest BCUT2D eigenvalue weighted by molar-refractivity contribution is 6.23. The smallest absolute Gasteiger partial charge is 0.262 e. The number of aromatic nitrogens is 2. The van der Waals surface area contributed by atoms with E-state index in [2.05, 4.69) is 45.1 Å². The Balaban J connectivity index is 0.790. The molecule has 314 valence electrons. The largest absolute Gasteiger partial charge is 0.496 e. The van der Waals surface area contributed by atoms with Crippen molar-refractivity contribution in [3.8, 4) is 22.6 Å². The van der Waals surface area contributed by atoms with Gasteiger partial charge in [0, 0.05) is 80.9 Å². The maximum Gasteiger partial charge on any atom is 0.262 e. The second-order valence-electron chi connectivity index (χ2n) is 17.5. The fraction of sp³-hybridized carbons (Fsp3) is 0.478. The van der Waals surface area contributed by atoms with Crippen molar-refractivity contribution in [3.63, 3.8) is 0 Å². The molecule has 4 aliphatic heterocycles. The number of hydrogen-bond donors (Lipinski definition) is 1. The van der Waals surface area contributed by atoms with Crippen molar-refractivity contribution >= 4 is 40.1 Å². The minimum Gasteiger partial charge on any atom is -0.496 e. The number of imide groups is 2. The number of piperidine rings is 2. The summed E-state index contributed by atoms with van der Waals surface area (Å²) in [5.74, 6) is 0.233. The molecule has 1 N–H and O–H groups in total. The van der Waals surface area contributed by atoms with Crippen LogP contribution < -0.4 is 25.2 Å². The van der Waals surface area contributed by atoms with E-state index in [1.807, 2.05) is 12.3 Å². The highest BCUT2D eigenvalue weighted by atomic mass is 16.5. The van der Waals surface area contributed by atoms with Crippen molar-refractivity contribution in [1.82, 2.24) is 29.6 Å². The summed E-state index contributed by atoms with van der Waals surface area (Å²) in [6.07, 6.45) is 9.48. The average molecular weight is 816 g/mol. The summed E-state index contributed by atoms with van der Waals surface area (Å²) in [6.45, 7) is 9.42. The Kier molecular flexibility index (Phi) is 10.5. The number of fused-ring (bicyclic) bond motifs is 2. The monoisotopic (exact) mass is 815 g/mol. The van der Waals surface area contributed by atoms with Gasteiger partial charge >= 0.3 is 0 Å². The Morgan fingerprint density at radius 1 is 0.800 bits per heavy atom. The number of likely N-dealkylation sites (tertiary alicyclic amines) is 1. The van der Waals surface area contributed by atoms with Crippen molar-refractivity contribution in [2.24, 2.45) is 13.0 Å². The standard InChI is InChI=1S/C46H53N7O7/c1-46(12-13-46)40-24-32-34(25-47-40)43(56)49(2)26-35(32)29-21-38(59-3)36(39(22-29)60-4)27-51-15-10-28(11-16-51)9-14-50-17-19-52(20-18-50)30-5-6-31-33(23-30)45(58)53(44(31)57)37-7-8-41(54)48-42(37)55/h5-6,21-26,28,37H,7-20,27H2,1-4H3,(H,48,54,55). The molecule has 1 atom stereocenters. The van der Waals surface area contributed by atoms with E-state index in [0.29, 0.717) is 22.4 Å². The summed E-state index contributed by atoms with van der Waals surface area (Å²) in [5, 5.41) is 3.75. The van der Waals surface area contributed by atoms with Gasteiger partial charge in [0.05, 0.1) is 36.3 Å². The zero-order chi connectivity index (χ0) is 41.9. The lowest BCUT2D eigenvalue weighted by molar-refractivity contribution is -0.136. The highest BCUT2D eigenvalue weighted by Crippen LogP contribution is 2.48. The number of hydrogen-bond acceptors (Lipinski definition) is 11. The first-order valence-electron chi connectivity index (χ1n) is 21.2. The second-order valence-corrected chi connectivity index (χ2v) is 17.5. The number of benzene rings is 2. The van der Waals surface area contributed by atoms with Crippen molar-refractivity contribution in [2.75, 3.05) is 64.9 Å². The van der Waals surface area contributed by atoms with Gasteiger partial charge in [-0.3, -0.25) is 49.0 Å². The molecule has 14 heteroatoms. The first-order valence-corrected chi connectivity index (χ1v) is 21.2. The summed E-state index contributed by atoms with van der Waals surface area (Å²) >= 11 is 0. The van der Waals surface area contributed by atoms with Gasteiger partial charge < -0.3 is 18.9 Å². The van der Waals surface area contributed by atoms with Crippen LogP contribution in [-0.2, 0) is 28.6 Å². The molecule has 1 saturated carbocycles. The quantitative estimate of drug-likeness (QED) is 0.214. The van der Waals surface area contributed by atoms with Gasteiger partial charge in [-0.15, -0.1) is 0 Å².